The van der Waals surface area contributed by atoms with Gasteiger partial charge in [-0.25, -0.2) is 0 Å². The van der Waals surface area contributed by atoms with E-state index >= 15 is 0 Å². The fourth-order valence-electron chi connectivity index (χ4n) is 2.77. The van der Waals surface area contributed by atoms with Gasteiger partial charge < -0.3 is 9.47 Å². The second kappa shape index (κ2) is 8.42. The molecule has 4 rings (SSSR count). The van der Waals surface area contributed by atoms with Crippen LogP contribution in [0.5, 0.6) is 11.5 Å². The first-order valence-corrected chi connectivity index (χ1v) is 10.6. The topological polar surface area (TPSA) is 72.3 Å². The summed E-state index contributed by atoms with van der Waals surface area (Å²) in [5.74, 6) is 1.61. The molecule has 1 amide bonds. The van der Waals surface area contributed by atoms with Crippen LogP contribution in [0.1, 0.15) is 36.5 Å². The predicted octanol–water partition coefficient (Wildman–Crippen LogP) is 4.90. The second-order valence-electron chi connectivity index (χ2n) is 6.76. The Labute approximate surface area is 181 Å². The van der Waals surface area contributed by atoms with Crippen molar-refractivity contribution >= 4 is 51.1 Å². The maximum atomic E-state index is 12.3. The number of carbonyl (C=O) groups excluding carboxylic acids is 1. The van der Waals surface area contributed by atoms with E-state index in [1.54, 1.807) is 12.3 Å². The van der Waals surface area contributed by atoms with E-state index in [1.807, 2.05) is 24.3 Å². The molecule has 0 aromatic heterocycles. The van der Waals surface area contributed by atoms with Gasteiger partial charge in [-0.05, 0) is 52.6 Å². The van der Waals surface area contributed by atoms with E-state index in [-0.39, 0.29) is 12.7 Å². The van der Waals surface area contributed by atoms with Gasteiger partial charge in [-0.3, -0.25) is 10.1 Å². The summed E-state index contributed by atoms with van der Waals surface area (Å²) in [4.78, 5) is 12.8. The number of thioether (sulfide) groups is 1. The largest absolute Gasteiger partial charge is 0.454 e. The zero-order chi connectivity index (χ0) is 20.4. The summed E-state index contributed by atoms with van der Waals surface area (Å²) < 4.78 is 11.6. The Hall–Kier alpha value is -2.58. The molecule has 2 aliphatic heterocycles. The van der Waals surface area contributed by atoms with E-state index in [0.717, 1.165) is 15.6 Å². The van der Waals surface area contributed by atoms with Crippen molar-refractivity contribution in [3.63, 3.8) is 0 Å². The average molecular weight is 472 g/mol. The summed E-state index contributed by atoms with van der Waals surface area (Å²) in [6.45, 7) is 4.51. The maximum Gasteiger partial charge on any atom is 0.264 e. The molecule has 1 saturated heterocycles. The summed E-state index contributed by atoms with van der Waals surface area (Å²) in [5.41, 5.74) is 3.05. The monoisotopic (exact) mass is 471 g/mol. The van der Waals surface area contributed by atoms with Crippen molar-refractivity contribution in [1.82, 2.24) is 5.32 Å². The third-order valence-electron chi connectivity index (χ3n) is 4.39. The SMILES string of the molecule is CC(C)c1ccc(/C=N/N=C2\NC(=O)/C(=C\c3cc4c(cc3Br)OCO4)S2)cc1. The number of halogens is 1. The highest BCUT2D eigenvalue weighted by Gasteiger charge is 2.25. The Morgan fingerprint density at radius 2 is 1.90 bits per heavy atom. The first-order chi connectivity index (χ1) is 14.0. The summed E-state index contributed by atoms with van der Waals surface area (Å²) in [6, 6.07) is 11.8. The smallest absolute Gasteiger partial charge is 0.264 e. The second-order valence-corrected chi connectivity index (χ2v) is 8.65. The van der Waals surface area contributed by atoms with Crippen molar-refractivity contribution in [2.45, 2.75) is 19.8 Å². The highest BCUT2D eigenvalue weighted by atomic mass is 79.9. The highest BCUT2D eigenvalue weighted by Crippen LogP contribution is 2.38. The molecule has 2 aromatic carbocycles. The van der Waals surface area contributed by atoms with Crippen molar-refractivity contribution in [2.24, 2.45) is 10.2 Å². The zero-order valence-electron chi connectivity index (χ0n) is 15.8. The molecule has 2 aromatic rings. The number of amides is 1. The zero-order valence-corrected chi connectivity index (χ0v) is 18.2. The van der Waals surface area contributed by atoms with Gasteiger partial charge >= 0.3 is 0 Å². The van der Waals surface area contributed by atoms with Gasteiger partial charge in [0.05, 0.1) is 11.1 Å². The standard InChI is InChI=1S/C21H18BrN3O3S/c1-12(2)14-5-3-13(4-6-14)10-23-25-21-24-20(26)19(29-21)8-15-7-17-18(9-16(15)22)28-11-27-17/h3-10,12H,11H2,1-2H3,(H,24,25,26)/b19-8+,23-10+. The molecule has 29 heavy (non-hydrogen) atoms. The van der Waals surface area contributed by atoms with E-state index < -0.39 is 0 Å². The molecule has 0 bridgehead atoms. The Balaban J connectivity index is 1.47. The Morgan fingerprint density at radius 3 is 2.62 bits per heavy atom. The van der Waals surface area contributed by atoms with E-state index in [9.17, 15) is 4.79 Å². The van der Waals surface area contributed by atoms with Gasteiger partial charge in [0.1, 0.15) is 0 Å². The van der Waals surface area contributed by atoms with Crippen LogP contribution in [0.2, 0.25) is 0 Å². The molecule has 148 valence electrons. The lowest BCUT2D eigenvalue weighted by Gasteiger charge is -2.03. The lowest BCUT2D eigenvalue weighted by molar-refractivity contribution is -0.115. The Bertz CT molecular complexity index is 1050. The number of carbonyl (C=O) groups is 1. The van der Waals surface area contributed by atoms with Gasteiger partial charge in [0.2, 0.25) is 6.79 Å². The number of amidine groups is 1. The normalized spacial score (nSPS) is 18.4. The van der Waals surface area contributed by atoms with Crippen molar-refractivity contribution < 1.29 is 14.3 Å². The number of ether oxygens (including phenoxy) is 2. The maximum absolute atomic E-state index is 12.3. The molecule has 0 atom stereocenters. The summed E-state index contributed by atoms with van der Waals surface area (Å²) in [7, 11) is 0. The van der Waals surface area contributed by atoms with Crippen LogP contribution < -0.4 is 14.8 Å². The van der Waals surface area contributed by atoms with Gasteiger partial charge in [0.15, 0.2) is 16.7 Å². The minimum atomic E-state index is -0.213. The lowest BCUT2D eigenvalue weighted by Crippen LogP contribution is -2.19. The molecule has 2 aliphatic rings. The quantitative estimate of drug-likeness (QED) is 0.391. The van der Waals surface area contributed by atoms with E-state index in [0.29, 0.717) is 27.5 Å². The molecule has 2 heterocycles. The van der Waals surface area contributed by atoms with E-state index in [4.69, 9.17) is 9.47 Å². The van der Waals surface area contributed by atoms with Gasteiger partial charge in [-0.1, -0.05) is 54.0 Å². The third-order valence-corrected chi connectivity index (χ3v) is 5.97. The van der Waals surface area contributed by atoms with Crippen LogP contribution in [0.4, 0.5) is 0 Å². The minimum Gasteiger partial charge on any atom is -0.454 e. The molecule has 8 heteroatoms. The van der Waals surface area contributed by atoms with E-state index in [1.165, 1.54) is 17.3 Å². The Morgan fingerprint density at radius 1 is 1.17 bits per heavy atom. The molecule has 0 spiro atoms. The van der Waals surface area contributed by atoms with Crippen LogP contribution in [0.15, 0.2) is 56.0 Å². The first-order valence-electron chi connectivity index (χ1n) is 9.00. The molecular weight excluding hydrogens is 454 g/mol. The molecule has 0 aliphatic carbocycles. The van der Waals surface area contributed by atoms with Gasteiger partial charge in [0.25, 0.3) is 5.91 Å². The van der Waals surface area contributed by atoms with E-state index in [2.05, 4.69) is 57.4 Å². The predicted molar refractivity (Wildman–Crippen MR) is 120 cm³/mol. The number of benzene rings is 2. The molecule has 0 radical (unpaired) electrons. The summed E-state index contributed by atoms with van der Waals surface area (Å²) >= 11 is 4.74. The van der Waals surface area contributed by atoms with Crippen molar-refractivity contribution in [2.75, 3.05) is 6.79 Å². The number of hydrogen-bond donors (Lipinski definition) is 1. The van der Waals surface area contributed by atoms with Crippen molar-refractivity contribution in [1.29, 1.82) is 0 Å². The lowest BCUT2D eigenvalue weighted by atomic mass is 10.0. The van der Waals surface area contributed by atoms with Crippen molar-refractivity contribution in [3.8, 4) is 11.5 Å². The number of hydrogen-bond acceptors (Lipinski definition) is 6. The van der Waals surface area contributed by atoms with Crippen LogP contribution >= 0.6 is 27.7 Å². The van der Waals surface area contributed by atoms with Crippen LogP contribution in [0.3, 0.4) is 0 Å². The van der Waals surface area contributed by atoms with Crippen LogP contribution in [-0.4, -0.2) is 24.1 Å². The molecular formula is C21H18BrN3O3S. The summed E-state index contributed by atoms with van der Waals surface area (Å²) in [6.07, 6.45) is 3.45. The molecule has 0 unspecified atom stereocenters. The molecule has 6 nitrogen and oxygen atoms in total. The fraction of sp³-hybridized carbons (Fsp3) is 0.190. The molecule has 1 N–H and O–H groups in total. The number of nitrogens with one attached hydrogen (secondary N) is 1. The third kappa shape index (κ3) is 4.54. The minimum absolute atomic E-state index is 0.200. The first kappa shape index (κ1) is 19.7. The van der Waals surface area contributed by atoms with Crippen LogP contribution in [-0.2, 0) is 4.79 Å². The van der Waals surface area contributed by atoms with Crippen LogP contribution in [0.25, 0.3) is 6.08 Å². The number of fused-ring (bicyclic) bond motifs is 1. The van der Waals surface area contributed by atoms with Gasteiger partial charge in [-0.2, -0.15) is 5.10 Å². The van der Waals surface area contributed by atoms with Gasteiger partial charge in [-0.15, -0.1) is 5.10 Å². The molecule has 0 saturated carbocycles. The number of rotatable bonds is 4. The average Bonchev–Trinajstić information content (AvgIpc) is 3.28. The highest BCUT2D eigenvalue weighted by molar-refractivity contribution is 9.10. The number of nitrogens with zero attached hydrogens (tertiary/aromatic N) is 2. The Kier molecular flexibility index (Phi) is 5.73. The molecule has 1 fully saturated rings. The van der Waals surface area contributed by atoms with Gasteiger partial charge in [0, 0.05) is 4.47 Å². The van der Waals surface area contributed by atoms with Crippen LogP contribution in [0, 0.1) is 0 Å². The van der Waals surface area contributed by atoms with Crippen molar-refractivity contribution in [3.05, 3.63) is 62.5 Å². The fourth-order valence-corrected chi connectivity index (χ4v) is 3.98. The summed E-state index contributed by atoms with van der Waals surface area (Å²) in [5, 5.41) is 11.4.